The maximum Gasteiger partial charge on any atom is 0.261 e. The van der Waals surface area contributed by atoms with Crippen molar-refractivity contribution >= 4 is 38.9 Å². The molecule has 0 atom stereocenters. The van der Waals surface area contributed by atoms with Crippen molar-refractivity contribution in [2.24, 2.45) is 0 Å². The lowest BCUT2D eigenvalue weighted by Gasteiger charge is -2.16. The molecule has 0 bridgehead atoms. The van der Waals surface area contributed by atoms with Gasteiger partial charge in [0.05, 0.1) is 4.90 Å². The third-order valence-corrected chi connectivity index (χ3v) is 5.74. The predicted octanol–water partition coefficient (Wildman–Crippen LogP) is 3.58. The van der Waals surface area contributed by atoms with Crippen molar-refractivity contribution in [3.05, 3.63) is 53.1 Å². The van der Waals surface area contributed by atoms with Gasteiger partial charge in [-0.05, 0) is 55.3 Å². The maximum absolute atomic E-state index is 12.4. The summed E-state index contributed by atoms with van der Waals surface area (Å²) >= 11 is 6.00. The van der Waals surface area contributed by atoms with Crippen molar-refractivity contribution in [1.82, 2.24) is 0 Å². The lowest BCUT2D eigenvalue weighted by Crippen LogP contribution is -2.23. The van der Waals surface area contributed by atoms with E-state index in [4.69, 9.17) is 11.6 Å². The van der Waals surface area contributed by atoms with Crippen molar-refractivity contribution < 1.29 is 13.2 Å². The maximum atomic E-state index is 12.4. The highest BCUT2D eigenvalue weighted by molar-refractivity contribution is 7.92. The fourth-order valence-corrected chi connectivity index (χ4v) is 3.92. The number of nitrogens with zero attached hydrogens (tertiary/aromatic N) is 1. The smallest absolute Gasteiger partial charge is 0.261 e. The van der Waals surface area contributed by atoms with E-state index >= 15 is 0 Å². The Morgan fingerprint density at radius 1 is 1.12 bits per heavy atom. The van der Waals surface area contributed by atoms with Gasteiger partial charge in [0, 0.05) is 29.4 Å². The van der Waals surface area contributed by atoms with Crippen LogP contribution < -0.4 is 9.62 Å². The number of carbonyl (C=O) groups excluding carboxylic acids is 1. The van der Waals surface area contributed by atoms with Crippen LogP contribution in [0.4, 0.5) is 11.4 Å². The fourth-order valence-electron chi connectivity index (χ4n) is 2.59. The largest absolute Gasteiger partial charge is 0.312 e. The van der Waals surface area contributed by atoms with E-state index < -0.39 is 10.0 Å². The molecular formula is C17H17ClN2O3S. The van der Waals surface area contributed by atoms with E-state index in [1.165, 1.54) is 12.1 Å². The van der Waals surface area contributed by atoms with Crippen LogP contribution >= 0.6 is 11.6 Å². The second-order valence-corrected chi connectivity index (χ2v) is 7.80. The summed E-state index contributed by atoms with van der Waals surface area (Å²) in [5.41, 5.74) is 2.02. The average molecular weight is 365 g/mol. The summed E-state index contributed by atoms with van der Waals surface area (Å²) in [6.07, 6.45) is 1.41. The number of halogens is 1. The van der Waals surface area contributed by atoms with Gasteiger partial charge in [-0.15, -0.1) is 0 Å². The van der Waals surface area contributed by atoms with Gasteiger partial charge in [0.15, 0.2) is 0 Å². The Hall–Kier alpha value is -2.05. The third kappa shape index (κ3) is 3.39. The van der Waals surface area contributed by atoms with Crippen molar-refractivity contribution in [2.75, 3.05) is 16.2 Å². The van der Waals surface area contributed by atoms with Crippen LogP contribution in [0.1, 0.15) is 18.4 Å². The molecule has 1 aliphatic heterocycles. The molecule has 1 heterocycles. The van der Waals surface area contributed by atoms with Gasteiger partial charge in [0.1, 0.15) is 0 Å². The Morgan fingerprint density at radius 3 is 2.42 bits per heavy atom. The van der Waals surface area contributed by atoms with Crippen LogP contribution in [-0.2, 0) is 14.8 Å². The molecule has 126 valence electrons. The second-order valence-electron chi connectivity index (χ2n) is 5.71. The third-order valence-electron chi connectivity index (χ3n) is 3.96. The van der Waals surface area contributed by atoms with E-state index in [1.54, 1.807) is 35.2 Å². The number of carbonyl (C=O) groups is 1. The molecule has 1 amide bonds. The molecule has 3 rings (SSSR count). The normalized spacial score (nSPS) is 14.9. The quantitative estimate of drug-likeness (QED) is 0.901. The van der Waals surface area contributed by atoms with Gasteiger partial charge in [-0.2, -0.15) is 0 Å². The zero-order chi connectivity index (χ0) is 17.3. The number of benzene rings is 2. The van der Waals surface area contributed by atoms with Crippen LogP contribution in [0.3, 0.4) is 0 Å². The summed E-state index contributed by atoms with van der Waals surface area (Å²) < 4.78 is 27.4. The molecule has 0 spiro atoms. The van der Waals surface area contributed by atoms with Crippen LogP contribution in [0.25, 0.3) is 0 Å². The Morgan fingerprint density at radius 2 is 1.83 bits per heavy atom. The first-order valence-electron chi connectivity index (χ1n) is 7.56. The molecule has 5 nitrogen and oxygen atoms in total. The van der Waals surface area contributed by atoms with Crippen LogP contribution in [0.15, 0.2) is 47.4 Å². The number of hydrogen-bond acceptors (Lipinski definition) is 3. The standard InChI is InChI=1S/C17H17ClN2O3S/c1-12-4-9-15(11-16(12)18)24(22,23)19-13-5-7-14(8-6-13)20-10-2-3-17(20)21/h4-9,11,19H,2-3,10H2,1H3. The summed E-state index contributed by atoms with van der Waals surface area (Å²) in [7, 11) is -3.71. The number of sulfonamides is 1. The molecule has 1 aliphatic rings. The first-order chi connectivity index (χ1) is 11.4. The van der Waals surface area contributed by atoms with Gasteiger partial charge in [-0.1, -0.05) is 17.7 Å². The number of aryl methyl sites for hydroxylation is 1. The molecule has 0 aromatic heterocycles. The van der Waals surface area contributed by atoms with Gasteiger partial charge in [0.2, 0.25) is 5.91 Å². The summed E-state index contributed by atoms with van der Waals surface area (Å²) in [5.74, 6) is 0.0950. The molecule has 1 fully saturated rings. The van der Waals surface area contributed by atoms with E-state index in [9.17, 15) is 13.2 Å². The molecule has 1 saturated heterocycles. The topological polar surface area (TPSA) is 66.5 Å². The van der Waals surface area contributed by atoms with Gasteiger partial charge < -0.3 is 4.90 Å². The molecule has 1 N–H and O–H groups in total. The first kappa shape index (κ1) is 16.8. The zero-order valence-electron chi connectivity index (χ0n) is 13.1. The number of amides is 1. The highest BCUT2D eigenvalue weighted by Crippen LogP contribution is 2.25. The Balaban J connectivity index is 1.80. The Bertz CT molecular complexity index is 879. The lowest BCUT2D eigenvalue weighted by atomic mass is 10.2. The minimum Gasteiger partial charge on any atom is -0.312 e. The summed E-state index contributed by atoms with van der Waals surface area (Å²) in [6.45, 7) is 2.51. The van der Waals surface area contributed by atoms with Crippen LogP contribution in [0, 0.1) is 6.92 Å². The molecule has 0 saturated carbocycles. The van der Waals surface area contributed by atoms with Crippen molar-refractivity contribution in [3.63, 3.8) is 0 Å². The van der Waals surface area contributed by atoms with Crippen molar-refractivity contribution in [2.45, 2.75) is 24.7 Å². The van der Waals surface area contributed by atoms with Crippen molar-refractivity contribution in [1.29, 1.82) is 0 Å². The average Bonchev–Trinajstić information content (AvgIpc) is 2.96. The van der Waals surface area contributed by atoms with Crippen molar-refractivity contribution in [3.8, 4) is 0 Å². The fraction of sp³-hybridized carbons (Fsp3) is 0.235. The highest BCUT2D eigenvalue weighted by atomic mass is 35.5. The van der Waals surface area contributed by atoms with Crippen LogP contribution in [-0.4, -0.2) is 20.9 Å². The molecule has 24 heavy (non-hydrogen) atoms. The SMILES string of the molecule is Cc1ccc(S(=O)(=O)Nc2ccc(N3CCCC3=O)cc2)cc1Cl. The van der Waals surface area contributed by atoms with Crippen LogP contribution in [0.2, 0.25) is 5.02 Å². The highest BCUT2D eigenvalue weighted by Gasteiger charge is 2.22. The van der Waals surface area contributed by atoms with Gasteiger partial charge in [-0.3, -0.25) is 9.52 Å². The first-order valence-corrected chi connectivity index (χ1v) is 9.42. The lowest BCUT2D eigenvalue weighted by molar-refractivity contribution is -0.117. The van der Waals surface area contributed by atoms with Crippen LogP contribution in [0.5, 0.6) is 0 Å². The molecule has 0 radical (unpaired) electrons. The molecule has 0 aliphatic carbocycles. The summed E-state index contributed by atoms with van der Waals surface area (Å²) in [6, 6.07) is 11.4. The minimum atomic E-state index is -3.71. The predicted molar refractivity (Wildman–Crippen MR) is 95.0 cm³/mol. The van der Waals surface area contributed by atoms with Gasteiger partial charge in [-0.25, -0.2) is 8.42 Å². The van der Waals surface area contributed by atoms with E-state index in [1.807, 2.05) is 6.92 Å². The Labute approximate surface area is 146 Å². The number of rotatable bonds is 4. The second kappa shape index (κ2) is 6.45. The van der Waals surface area contributed by atoms with E-state index in [-0.39, 0.29) is 10.8 Å². The number of hydrogen-bond donors (Lipinski definition) is 1. The number of nitrogens with one attached hydrogen (secondary N) is 1. The molecular weight excluding hydrogens is 348 g/mol. The molecule has 2 aromatic rings. The monoisotopic (exact) mass is 364 g/mol. The molecule has 0 unspecified atom stereocenters. The summed E-state index contributed by atoms with van der Waals surface area (Å²) in [5, 5.41) is 0.403. The van der Waals surface area contributed by atoms with Gasteiger partial charge in [0.25, 0.3) is 10.0 Å². The molecule has 2 aromatic carbocycles. The van der Waals surface area contributed by atoms with E-state index in [2.05, 4.69) is 4.72 Å². The Kier molecular flexibility index (Phi) is 4.51. The zero-order valence-corrected chi connectivity index (χ0v) is 14.7. The van der Waals surface area contributed by atoms with E-state index in [0.29, 0.717) is 23.7 Å². The number of anilines is 2. The van der Waals surface area contributed by atoms with E-state index in [0.717, 1.165) is 17.7 Å². The molecule has 7 heteroatoms. The minimum absolute atomic E-state index is 0.0950. The van der Waals surface area contributed by atoms with Gasteiger partial charge >= 0.3 is 0 Å². The summed E-state index contributed by atoms with van der Waals surface area (Å²) in [4.78, 5) is 13.5.